The average molecular weight is 279 g/mol. The molecule has 0 fully saturated rings. The second-order valence-corrected chi connectivity index (χ2v) is 5.29. The van der Waals surface area contributed by atoms with Gasteiger partial charge in [-0.3, -0.25) is 0 Å². The molecule has 0 spiro atoms. The van der Waals surface area contributed by atoms with Gasteiger partial charge in [-0.15, -0.1) is 11.8 Å². The summed E-state index contributed by atoms with van der Waals surface area (Å²) in [5.41, 5.74) is 0.968. The quantitative estimate of drug-likeness (QED) is 0.797. The van der Waals surface area contributed by atoms with Crippen LogP contribution < -0.4 is 5.32 Å². The number of hydrogen-bond donors (Lipinski definition) is 1. The molecule has 4 heteroatoms. The Kier molecular flexibility index (Phi) is 4.80. The topological polar surface area (TPSA) is 12.0 Å². The number of benzene rings is 2. The lowest BCUT2D eigenvalue weighted by Crippen LogP contribution is -2.05. The molecule has 2 aromatic rings. The highest BCUT2D eigenvalue weighted by Crippen LogP contribution is 2.27. The van der Waals surface area contributed by atoms with Gasteiger partial charge in [-0.1, -0.05) is 25.1 Å². The van der Waals surface area contributed by atoms with E-state index in [4.69, 9.17) is 0 Å². The van der Waals surface area contributed by atoms with E-state index in [1.165, 1.54) is 18.2 Å². The molecule has 19 heavy (non-hydrogen) atoms. The summed E-state index contributed by atoms with van der Waals surface area (Å²) < 4.78 is 27.0. The standard InChI is InChI=1S/C15H15F2NS/c1-2-19-15-9-4-3-8-14(15)18-10-11-12(16)6-5-7-13(11)17/h3-9,18H,2,10H2,1H3. The number of rotatable bonds is 5. The molecule has 0 bridgehead atoms. The molecule has 1 nitrogen and oxygen atoms in total. The van der Waals surface area contributed by atoms with Crippen LogP contribution in [0.5, 0.6) is 0 Å². The van der Waals surface area contributed by atoms with Gasteiger partial charge in [0.2, 0.25) is 0 Å². The van der Waals surface area contributed by atoms with Crippen molar-refractivity contribution in [3.05, 3.63) is 59.7 Å². The second-order valence-electron chi connectivity index (χ2n) is 3.98. The summed E-state index contributed by atoms with van der Waals surface area (Å²) in [6.07, 6.45) is 0. The number of anilines is 1. The van der Waals surface area contributed by atoms with Crippen molar-refractivity contribution in [2.24, 2.45) is 0 Å². The Labute approximate surface area is 116 Å². The molecule has 0 saturated carbocycles. The third-order valence-corrected chi connectivity index (χ3v) is 3.66. The Hall–Kier alpha value is -1.55. The number of hydrogen-bond acceptors (Lipinski definition) is 2. The third kappa shape index (κ3) is 3.47. The first-order chi connectivity index (χ1) is 9.22. The number of thioether (sulfide) groups is 1. The maximum absolute atomic E-state index is 13.5. The minimum Gasteiger partial charge on any atom is -0.380 e. The SMILES string of the molecule is CCSc1ccccc1NCc1c(F)cccc1F. The van der Waals surface area contributed by atoms with Crippen LogP contribution >= 0.6 is 11.8 Å². The Morgan fingerprint density at radius 1 is 1.00 bits per heavy atom. The zero-order valence-corrected chi connectivity index (χ0v) is 11.4. The smallest absolute Gasteiger partial charge is 0.131 e. The highest BCUT2D eigenvalue weighted by atomic mass is 32.2. The fraction of sp³-hybridized carbons (Fsp3) is 0.200. The molecule has 0 atom stereocenters. The summed E-state index contributed by atoms with van der Waals surface area (Å²) in [6.45, 7) is 2.21. The Balaban J connectivity index is 2.15. The molecule has 0 aliphatic rings. The first-order valence-corrected chi connectivity index (χ1v) is 7.09. The van der Waals surface area contributed by atoms with E-state index >= 15 is 0 Å². The summed E-state index contributed by atoms with van der Waals surface area (Å²) in [6, 6.07) is 11.7. The maximum atomic E-state index is 13.5. The van der Waals surface area contributed by atoms with Gasteiger partial charge in [-0.2, -0.15) is 0 Å². The first kappa shape index (κ1) is 13.9. The van der Waals surface area contributed by atoms with Crippen LogP contribution in [0.2, 0.25) is 0 Å². The first-order valence-electron chi connectivity index (χ1n) is 6.11. The van der Waals surface area contributed by atoms with Crippen molar-refractivity contribution in [1.29, 1.82) is 0 Å². The summed E-state index contributed by atoms with van der Waals surface area (Å²) in [4.78, 5) is 1.08. The van der Waals surface area contributed by atoms with Crippen molar-refractivity contribution in [2.75, 3.05) is 11.1 Å². The van der Waals surface area contributed by atoms with Crippen LogP contribution in [-0.4, -0.2) is 5.75 Å². The van der Waals surface area contributed by atoms with E-state index in [-0.39, 0.29) is 12.1 Å². The number of nitrogens with one attached hydrogen (secondary N) is 1. The molecule has 1 N–H and O–H groups in total. The molecule has 100 valence electrons. The molecule has 0 saturated heterocycles. The van der Waals surface area contributed by atoms with E-state index in [0.717, 1.165) is 16.3 Å². The summed E-state index contributed by atoms with van der Waals surface area (Å²) in [7, 11) is 0. The van der Waals surface area contributed by atoms with E-state index in [2.05, 4.69) is 12.2 Å². The molecule has 0 aliphatic carbocycles. The lowest BCUT2D eigenvalue weighted by atomic mass is 10.2. The Morgan fingerprint density at radius 2 is 1.68 bits per heavy atom. The summed E-state index contributed by atoms with van der Waals surface area (Å²) in [5.74, 6) is -0.0894. The van der Waals surface area contributed by atoms with E-state index in [1.807, 2.05) is 24.3 Å². The normalized spacial score (nSPS) is 10.5. The largest absolute Gasteiger partial charge is 0.380 e. The third-order valence-electron chi connectivity index (χ3n) is 2.70. The molecular weight excluding hydrogens is 264 g/mol. The zero-order valence-electron chi connectivity index (χ0n) is 10.6. The molecule has 0 radical (unpaired) electrons. The van der Waals surface area contributed by atoms with Gasteiger partial charge in [-0.25, -0.2) is 8.78 Å². The number of para-hydroxylation sites is 1. The molecule has 0 heterocycles. The molecular formula is C15H15F2NS. The van der Waals surface area contributed by atoms with Crippen molar-refractivity contribution in [3.8, 4) is 0 Å². The van der Waals surface area contributed by atoms with Gasteiger partial charge < -0.3 is 5.32 Å². The molecule has 0 amide bonds. The minimum atomic E-state index is -0.520. The Bertz CT molecular complexity index is 537. The van der Waals surface area contributed by atoms with Crippen LogP contribution in [0.25, 0.3) is 0 Å². The minimum absolute atomic E-state index is 0.0683. The van der Waals surface area contributed by atoms with Crippen molar-refractivity contribution in [1.82, 2.24) is 0 Å². The summed E-state index contributed by atoms with van der Waals surface area (Å²) in [5, 5.41) is 3.10. The fourth-order valence-electron chi connectivity index (χ4n) is 1.78. The van der Waals surface area contributed by atoms with Crippen LogP contribution in [0.1, 0.15) is 12.5 Å². The van der Waals surface area contributed by atoms with E-state index in [1.54, 1.807) is 11.8 Å². The van der Waals surface area contributed by atoms with Crippen LogP contribution in [0, 0.1) is 11.6 Å². The zero-order chi connectivity index (χ0) is 13.7. The van der Waals surface area contributed by atoms with Crippen LogP contribution in [-0.2, 0) is 6.54 Å². The maximum Gasteiger partial charge on any atom is 0.131 e. The van der Waals surface area contributed by atoms with Crippen molar-refractivity contribution >= 4 is 17.4 Å². The molecule has 2 aromatic carbocycles. The van der Waals surface area contributed by atoms with E-state index in [0.29, 0.717) is 0 Å². The Morgan fingerprint density at radius 3 is 2.37 bits per heavy atom. The van der Waals surface area contributed by atoms with Gasteiger partial charge in [0, 0.05) is 22.7 Å². The lowest BCUT2D eigenvalue weighted by molar-refractivity contribution is 0.560. The van der Waals surface area contributed by atoms with Gasteiger partial charge in [-0.05, 0) is 30.0 Å². The highest BCUT2D eigenvalue weighted by molar-refractivity contribution is 7.99. The van der Waals surface area contributed by atoms with Gasteiger partial charge in [0.15, 0.2) is 0 Å². The van der Waals surface area contributed by atoms with Gasteiger partial charge in [0.1, 0.15) is 11.6 Å². The van der Waals surface area contributed by atoms with Crippen molar-refractivity contribution in [2.45, 2.75) is 18.4 Å². The molecule has 0 aliphatic heterocycles. The van der Waals surface area contributed by atoms with Crippen LogP contribution in [0.15, 0.2) is 47.4 Å². The molecule has 0 aromatic heterocycles. The highest BCUT2D eigenvalue weighted by Gasteiger charge is 2.08. The number of halogens is 2. The lowest BCUT2D eigenvalue weighted by Gasteiger charge is -2.12. The van der Waals surface area contributed by atoms with Crippen molar-refractivity contribution < 1.29 is 8.78 Å². The fourth-order valence-corrected chi connectivity index (χ4v) is 2.56. The van der Waals surface area contributed by atoms with Gasteiger partial charge >= 0.3 is 0 Å². The van der Waals surface area contributed by atoms with E-state index in [9.17, 15) is 8.78 Å². The predicted octanol–water partition coefficient (Wildman–Crippen LogP) is 4.69. The second kappa shape index (κ2) is 6.57. The average Bonchev–Trinajstić information content (AvgIpc) is 2.40. The predicted molar refractivity (Wildman–Crippen MR) is 76.5 cm³/mol. The monoisotopic (exact) mass is 279 g/mol. The van der Waals surface area contributed by atoms with Gasteiger partial charge in [0.05, 0.1) is 0 Å². The summed E-state index contributed by atoms with van der Waals surface area (Å²) >= 11 is 1.70. The van der Waals surface area contributed by atoms with Gasteiger partial charge in [0.25, 0.3) is 0 Å². The van der Waals surface area contributed by atoms with Crippen molar-refractivity contribution in [3.63, 3.8) is 0 Å². The van der Waals surface area contributed by atoms with E-state index < -0.39 is 11.6 Å². The molecule has 0 unspecified atom stereocenters. The van der Waals surface area contributed by atoms with Crippen LogP contribution in [0.4, 0.5) is 14.5 Å². The van der Waals surface area contributed by atoms with Crippen LogP contribution in [0.3, 0.4) is 0 Å². The molecule has 2 rings (SSSR count).